The second kappa shape index (κ2) is 6.06. The molecular formula is C19H20N2. The monoisotopic (exact) mass is 276 g/mol. The Morgan fingerprint density at radius 2 is 1.76 bits per heavy atom. The van der Waals surface area contributed by atoms with Gasteiger partial charge < -0.3 is 5.32 Å². The van der Waals surface area contributed by atoms with Gasteiger partial charge in [-0.1, -0.05) is 49.4 Å². The predicted octanol–water partition coefficient (Wildman–Crippen LogP) is 4.57. The largest absolute Gasteiger partial charge is 0.310 e. The molecule has 0 aliphatic rings. The van der Waals surface area contributed by atoms with Crippen LogP contribution < -0.4 is 5.32 Å². The summed E-state index contributed by atoms with van der Waals surface area (Å²) >= 11 is 0. The van der Waals surface area contributed by atoms with Crippen LogP contribution in [0.25, 0.3) is 22.0 Å². The Hall–Kier alpha value is -2.19. The summed E-state index contributed by atoms with van der Waals surface area (Å²) in [4.78, 5) is 4.46. The van der Waals surface area contributed by atoms with E-state index in [1.807, 2.05) is 12.3 Å². The third kappa shape index (κ3) is 2.67. The lowest BCUT2D eigenvalue weighted by atomic mass is 9.93. The highest BCUT2D eigenvalue weighted by atomic mass is 14.9. The Labute approximate surface area is 125 Å². The van der Waals surface area contributed by atoms with Crippen LogP contribution in [0.1, 0.15) is 25.5 Å². The lowest BCUT2D eigenvalue weighted by molar-refractivity contribution is 0.599. The Kier molecular flexibility index (Phi) is 3.98. The fourth-order valence-electron chi connectivity index (χ4n) is 2.87. The minimum absolute atomic E-state index is 0.332. The van der Waals surface area contributed by atoms with Crippen LogP contribution in [-0.2, 0) is 0 Å². The lowest BCUT2D eigenvalue weighted by Gasteiger charge is -2.18. The zero-order chi connectivity index (χ0) is 14.7. The summed E-state index contributed by atoms with van der Waals surface area (Å²) in [6.45, 7) is 5.32. The van der Waals surface area contributed by atoms with Crippen LogP contribution in [-0.4, -0.2) is 11.5 Å². The highest BCUT2D eigenvalue weighted by Gasteiger charge is 2.12. The number of benzene rings is 2. The second-order valence-electron chi connectivity index (χ2n) is 5.24. The van der Waals surface area contributed by atoms with E-state index in [0.29, 0.717) is 6.04 Å². The van der Waals surface area contributed by atoms with E-state index < -0.39 is 0 Å². The smallest absolute Gasteiger partial charge is 0.0708 e. The van der Waals surface area contributed by atoms with E-state index in [0.717, 1.165) is 12.1 Å². The highest BCUT2D eigenvalue weighted by molar-refractivity contribution is 5.95. The first-order valence-electron chi connectivity index (χ1n) is 7.47. The van der Waals surface area contributed by atoms with Crippen LogP contribution in [0.15, 0.2) is 60.8 Å². The summed E-state index contributed by atoms with van der Waals surface area (Å²) < 4.78 is 0. The van der Waals surface area contributed by atoms with Crippen LogP contribution in [0.2, 0.25) is 0 Å². The van der Waals surface area contributed by atoms with Crippen molar-refractivity contribution in [3.63, 3.8) is 0 Å². The fraction of sp³-hybridized carbons (Fsp3) is 0.211. The van der Waals surface area contributed by atoms with E-state index in [1.165, 1.54) is 22.1 Å². The molecule has 0 saturated heterocycles. The van der Waals surface area contributed by atoms with Gasteiger partial charge in [-0.05, 0) is 42.3 Å². The summed E-state index contributed by atoms with van der Waals surface area (Å²) in [5.74, 6) is 0. The zero-order valence-corrected chi connectivity index (χ0v) is 12.5. The quantitative estimate of drug-likeness (QED) is 0.755. The molecule has 1 N–H and O–H groups in total. The van der Waals surface area contributed by atoms with Gasteiger partial charge in [-0.15, -0.1) is 0 Å². The van der Waals surface area contributed by atoms with Crippen molar-refractivity contribution in [3.05, 3.63) is 66.4 Å². The van der Waals surface area contributed by atoms with E-state index in [9.17, 15) is 0 Å². The first-order valence-corrected chi connectivity index (χ1v) is 7.47. The molecule has 21 heavy (non-hydrogen) atoms. The van der Waals surface area contributed by atoms with Gasteiger partial charge in [0.1, 0.15) is 0 Å². The van der Waals surface area contributed by atoms with Gasteiger partial charge in [0.2, 0.25) is 0 Å². The number of aromatic nitrogens is 1. The number of fused-ring (bicyclic) bond motifs is 1. The van der Waals surface area contributed by atoms with E-state index in [2.05, 4.69) is 72.7 Å². The maximum Gasteiger partial charge on any atom is 0.0708 e. The van der Waals surface area contributed by atoms with Gasteiger partial charge >= 0.3 is 0 Å². The van der Waals surface area contributed by atoms with Crippen LogP contribution in [0.4, 0.5) is 0 Å². The molecule has 0 amide bonds. The Morgan fingerprint density at radius 3 is 2.62 bits per heavy atom. The number of nitrogens with zero attached hydrogens (tertiary/aromatic N) is 1. The third-order valence-corrected chi connectivity index (χ3v) is 3.87. The molecular weight excluding hydrogens is 256 g/mol. The molecule has 0 fully saturated rings. The van der Waals surface area contributed by atoms with Gasteiger partial charge in [0.15, 0.2) is 0 Å². The predicted molar refractivity (Wildman–Crippen MR) is 89.3 cm³/mol. The standard InChI is InChI=1S/C19H20N2/c1-3-20-14(2)15-8-4-5-9-16(15)17-10-6-12-19-18(17)11-7-13-21-19/h4-14,20H,3H2,1-2H3. The highest BCUT2D eigenvalue weighted by Crippen LogP contribution is 2.32. The fourth-order valence-corrected chi connectivity index (χ4v) is 2.87. The van der Waals surface area contributed by atoms with Crippen LogP contribution in [0, 0.1) is 0 Å². The first kappa shape index (κ1) is 13.8. The normalized spacial score (nSPS) is 12.5. The molecule has 0 spiro atoms. The molecule has 0 aliphatic heterocycles. The molecule has 3 rings (SSSR count). The number of rotatable bonds is 4. The molecule has 2 heteroatoms. The molecule has 1 heterocycles. The number of hydrogen-bond donors (Lipinski definition) is 1. The van der Waals surface area contributed by atoms with Crippen molar-refractivity contribution < 1.29 is 0 Å². The van der Waals surface area contributed by atoms with Crippen molar-refractivity contribution in [2.24, 2.45) is 0 Å². The maximum absolute atomic E-state index is 4.46. The van der Waals surface area contributed by atoms with Crippen molar-refractivity contribution in [3.8, 4) is 11.1 Å². The SMILES string of the molecule is CCNC(C)c1ccccc1-c1cccc2ncccc12. The summed E-state index contributed by atoms with van der Waals surface area (Å²) in [7, 11) is 0. The molecule has 1 aromatic heterocycles. The Balaban J connectivity index is 2.19. The molecule has 106 valence electrons. The minimum atomic E-state index is 0.332. The van der Waals surface area contributed by atoms with Crippen LogP contribution in [0.3, 0.4) is 0 Å². The number of nitrogens with one attached hydrogen (secondary N) is 1. The summed E-state index contributed by atoms with van der Waals surface area (Å²) in [6, 6.07) is 19.4. The van der Waals surface area contributed by atoms with Crippen LogP contribution >= 0.6 is 0 Å². The van der Waals surface area contributed by atoms with Gasteiger partial charge in [0.05, 0.1) is 5.52 Å². The summed E-state index contributed by atoms with van der Waals surface area (Å²) in [5.41, 5.74) is 4.90. The summed E-state index contributed by atoms with van der Waals surface area (Å²) in [6.07, 6.45) is 1.85. The third-order valence-electron chi connectivity index (χ3n) is 3.87. The van der Waals surface area contributed by atoms with Gasteiger partial charge in [-0.3, -0.25) is 4.98 Å². The van der Waals surface area contributed by atoms with Crippen molar-refractivity contribution in [2.45, 2.75) is 19.9 Å². The lowest BCUT2D eigenvalue weighted by Crippen LogP contribution is -2.18. The van der Waals surface area contributed by atoms with E-state index >= 15 is 0 Å². The van der Waals surface area contributed by atoms with Crippen molar-refractivity contribution in [1.82, 2.24) is 10.3 Å². The topological polar surface area (TPSA) is 24.9 Å². The molecule has 1 atom stereocenters. The number of hydrogen-bond acceptors (Lipinski definition) is 2. The van der Waals surface area contributed by atoms with Gasteiger partial charge in [0, 0.05) is 17.6 Å². The number of pyridine rings is 1. The van der Waals surface area contributed by atoms with Crippen LogP contribution in [0.5, 0.6) is 0 Å². The molecule has 2 aromatic carbocycles. The van der Waals surface area contributed by atoms with E-state index in [1.54, 1.807) is 0 Å². The first-order chi connectivity index (χ1) is 10.3. The average molecular weight is 276 g/mol. The molecule has 0 aliphatic carbocycles. The van der Waals surface area contributed by atoms with Crippen molar-refractivity contribution in [1.29, 1.82) is 0 Å². The molecule has 0 radical (unpaired) electrons. The minimum Gasteiger partial charge on any atom is -0.310 e. The van der Waals surface area contributed by atoms with Gasteiger partial charge in [-0.25, -0.2) is 0 Å². The Morgan fingerprint density at radius 1 is 0.952 bits per heavy atom. The second-order valence-corrected chi connectivity index (χ2v) is 5.24. The molecule has 1 unspecified atom stereocenters. The maximum atomic E-state index is 4.46. The summed E-state index contributed by atoms with van der Waals surface area (Å²) in [5, 5.41) is 4.71. The molecule has 3 aromatic rings. The molecule has 0 bridgehead atoms. The zero-order valence-electron chi connectivity index (χ0n) is 12.5. The van der Waals surface area contributed by atoms with Crippen molar-refractivity contribution in [2.75, 3.05) is 6.54 Å². The van der Waals surface area contributed by atoms with E-state index in [4.69, 9.17) is 0 Å². The molecule has 0 saturated carbocycles. The average Bonchev–Trinajstić information content (AvgIpc) is 2.54. The van der Waals surface area contributed by atoms with E-state index in [-0.39, 0.29) is 0 Å². The Bertz CT molecular complexity index is 744. The van der Waals surface area contributed by atoms with Gasteiger partial charge in [-0.2, -0.15) is 0 Å². The molecule has 2 nitrogen and oxygen atoms in total. The van der Waals surface area contributed by atoms with Crippen molar-refractivity contribution >= 4 is 10.9 Å². The van der Waals surface area contributed by atoms with Gasteiger partial charge in [0.25, 0.3) is 0 Å².